The highest BCUT2D eigenvalue weighted by Gasteiger charge is 1.98. The van der Waals surface area contributed by atoms with Crippen LogP contribution in [-0.2, 0) is 0 Å². The molecule has 0 saturated heterocycles. The number of halogens is 2. The zero-order valence-corrected chi connectivity index (χ0v) is 9.19. The molecular weight excluding hydrogens is 194 g/mol. The second kappa shape index (κ2) is 5.64. The Bertz CT molecular complexity index is 433. The second-order valence-corrected chi connectivity index (χ2v) is 3.50. The van der Waals surface area contributed by atoms with Gasteiger partial charge >= 0.3 is 0 Å². The lowest BCUT2D eigenvalue weighted by atomic mass is 10.1. The van der Waals surface area contributed by atoms with E-state index in [2.05, 4.69) is 0 Å². The summed E-state index contributed by atoms with van der Waals surface area (Å²) in [6, 6.07) is 2.32. The van der Waals surface area contributed by atoms with E-state index in [1.54, 1.807) is 6.08 Å². The molecule has 1 aromatic rings. The fourth-order valence-corrected chi connectivity index (χ4v) is 1.49. The highest BCUT2D eigenvalue weighted by Crippen LogP contribution is 1.94. The van der Waals surface area contributed by atoms with E-state index in [-0.39, 0.29) is 0 Å². The van der Waals surface area contributed by atoms with Crippen molar-refractivity contribution >= 4 is 12.2 Å². The molecule has 1 rings (SSSR count). The van der Waals surface area contributed by atoms with E-state index in [0.29, 0.717) is 10.4 Å². The molecule has 0 aliphatic rings. The number of rotatable bonds is 3. The van der Waals surface area contributed by atoms with Crippen LogP contribution < -0.4 is 10.4 Å². The van der Waals surface area contributed by atoms with Crippen molar-refractivity contribution in [3.8, 4) is 0 Å². The van der Waals surface area contributed by atoms with Crippen molar-refractivity contribution in [2.24, 2.45) is 0 Å². The van der Waals surface area contributed by atoms with Crippen LogP contribution in [0.25, 0.3) is 12.2 Å². The normalized spacial score (nSPS) is 13.6. The zero-order chi connectivity index (χ0) is 11.3. The third-order valence-corrected chi connectivity index (χ3v) is 2.19. The monoisotopic (exact) mass is 210 g/mol. The van der Waals surface area contributed by atoms with Crippen LogP contribution in [0.1, 0.15) is 33.1 Å². The van der Waals surface area contributed by atoms with Gasteiger partial charge in [-0.2, -0.15) is 0 Å². The predicted molar refractivity (Wildman–Crippen MR) is 59.7 cm³/mol. The van der Waals surface area contributed by atoms with Crippen LogP contribution in [-0.4, -0.2) is 0 Å². The van der Waals surface area contributed by atoms with Crippen molar-refractivity contribution in [3.63, 3.8) is 0 Å². The molecule has 0 aliphatic heterocycles. The Morgan fingerprint density at radius 2 is 1.87 bits per heavy atom. The molecule has 0 saturated carbocycles. The molecule has 0 radical (unpaired) electrons. The molecule has 0 spiro atoms. The summed E-state index contributed by atoms with van der Waals surface area (Å²) in [4.78, 5) is 0. The van der Waals surface area contributed by atoms with Gasteiger partial charge in [0.15, 0.2) is 0 Å². The quantitative estimate of drug-likeness (QED) is 0.719. The molecule has 82 valence electrons. The van der Waals surface area contributed by atoms with E-state index < -0.39 is 11.6 Å². The molecule has 0 bridgehead atoms. The average molecular weight is 210 g/mol. The summed E-state index contributed by atoms with van der Waals surface area (Å²) in [6.45, 7) is 3.97. The smallest absolute Gasteiger partial charge is 0.133 e. The van der Waals surface area contributed by atoms with Crippen molar-refractivity contribution in [1.29, 1.82) is 0 Å². The fraction of sp³-hybridized carbons (Fsp3) is 0.385. The Morgan fingerprint density at radius 3 is 2.47 bits per heavy atom. The summed E-state index contributed by atoms with van der Waals surface area (Å²) in [6.07, 6.45) is 6.23. The van der Waals surface area contributed by atoms with Gasteiger partial charge in [0, 0.05) is 11.3 Å². The van der Waals surface area contributed by atoms with Gasteiger partial charge in [0.25, 0.3) is 0 Å². The van der Waals surface area contributed by atoms with Crippen molar-refractivity contribution in [3.05, 3.63) is 34.2 Å². The molecule has 0 aliphatic carbocycles. The first-order valence-corrected chi connectivity index (χ1v) is 5.34. The first-order valence-electron chi connectivity index (χ1n) is 5.34. The van der Waals surface area contributed by atoms with Crippen molar-refractivity contribution in [2.45, 2.75) is 33.1 Å². The first kappa shape index (κ1) is 11.9. The molecule has 0 nitrogen and oxygen atoms in total. The van der Waals surface area contributed by atoms with Crippen molar-refractivity contribution in [2.75, 3.05) is 0 Å². The van der Waals surface area contributed by atoms with E-state index in [1.165, 1.54) is 6.07 Å². The average Bonchev–Trinajstić information content (AvgIpc) is 2.19. The number of hydrogen-bond donors (Lipinski definition) is 0. The molecular formula is C13H16F2. The summed E-state index contributed by atoms with van der Waals surface area (Å²) in [5.74, 6) is -0.984. The topological polar surface area (TPSA) is 0 Å². The largest absolute Gasteiger partial charge is 0.207 e. The Labute approximate surface area is 88.9 Å². The number of hydrogen-bond acceptors (Lipinski definition) is 0. The maximum atomic E-state index is 13.4. The van der Waals surface area contributed by atoms with Crippen LogP contribution in [0.4, 0.5) is 8.78 Å². The minimum Gasteiger partial charge on any atom is -0.207 e. The third kappa shape index (κ3) is 3.15. The Hall–Kier alpha value is -1.18. The maximum Gasteiger partial charge on any atom is 0.133 e. The molecule has 0 fully saturated rings. The van der Waals surface area contributed by atoms with Crippen LogP contribution in [0.5, 0.6) is 0 Å². The zero-order valence-electron chi connectivity index (χ0n) is 9.19. The molecule has 0 aromatic heterocycles. The van der Waals surface area contributed by atoms with Gasteiger partial charge in [0.1, 0.15) is 11.6 Å². The van der Waals surface area contributed by atoms with Gasteiger partial charge in [-0.3, -0.25) is 0 Å². The second-order valence-electron chi connectivity index (χ2n) is 3.50. The number of unbranched alkanes of at least 4 members (excludes halogenated alkanes) is 1. The maximum absolute atomic E-state index is 13.4. The molecule has 1 aromatic carbocycles. The minimum absolute atomic E-state index is 0.473. The van der Waals surface area contributed by atoms with E-state index in [1.807, 2.05) is 19.9 Å². The SMILES string of the molecule is CCC=c1c(F)cc(F)cc1=CCCC. The molecule has 0 heterocycles. The van der Waals surface area contributed by atoms with Gasteiger partial charge in [-0.15, -0.1) is 0 Å². The van der Waals surface area contributed by atoms with Crippen molar-refractivity contribution in [1.82, 2.24) is 0 Å². The van der Waals surface area contributed by atoms with Crippen LogP contribution in [0.3, 0.4) is 0 Å². The molecule has 0 atom stereocenters. The fourth-order valence-electron chi connectivity index (χ4n) is 1.49. The van der Waals surface area contributed by atoms with E-state index in [9.17, 15) is 8.78 Å². The van der Waals surface area contributed by atoms with Crippen LogP contribution >= 0.6 is 0 Å². The molecule has 0 N–H and O–H groups in total. The Kier molecular flexibility index (Phi) is 4.47. The summed E-state index contributed by atoms with van der Waals surface area (Å²) in [5, 5.41) is 1.18. The lowest BCUT2D eigenvalue weighted by molar-refractivity contribution is 0.575. The highest BCUT2D eigenvalue weighted by atomic mass is 19.1. The number of benzene rings is 1. The van der Waals surface area contributed by atoms with Gasteiger partial charge in [0.05, 0.1) is 0 Å². The van der Waals surface area contributed by atoms with Gasteiger partial charge in [-0.25, -0.2) is 8.78 Å². The lowest BCUT2D eigenvalue weighted by Gasteiger charge is -1.96. The Balaban J connectivity index is 3.41. The lowest BCUT2D eigenvalue weighted by Crippen LogP contribution is -2.28. The van der Waals surface area contributed by atoms with Crippen LogP contribution in [0.2, 0.25) is 0 Å². The van der Waals surface area contributed by atoms with Gasteiger partial charge in [-0.1, -0.05) is 32.4 Å². The van der Waals surface area contributed by atoms with Crippen molar-refractivity contribution < 1.29 is 8.78 Å². The summed E-state index contributed by atoms with van der Waals surface area (Å²) in [7, 11) is 0. The summed E-state index contributed by atoms with van der Waals surface area (Å²) < 4.78 is 26.4. The standard InChI is InChI=1S/C13H16F2/c1-3-5-7-10-8-11(14)9-13(15)12(10)6-4-2/h6-9H,3-5H2,1-2H3. The van der Waals surface area contributed by atoms with Gasteiger partial charge in [0.2, 0.25) is 0 Å². The molecule has 0 unspecified atom stereocenters. The van der Waals surface area contributed by atoms with E-state index >= 15 is 0 Å². The first-order chi connectivity index (χ1) is 7.19. The third-order valence-electron chi connectivity index (χ3n) is 2.19. The minimum atomic E-state index is -0.511. The van der Waals surface area contributed by atoms with Crippen LogP contribution in [0.15, 0.2) is 12.1 Å². The molecule has 0 amide bonds. The van der Waals surface area contributed by atoms with E-state index in [0.717, 1.165) is 25.3 Å². The van der Waals surface area contributed by atoms with Gasteiger partial charge in [-0.05, 0) is 24.1 Å². The van der Waals surface area contributed by atoms with Crippen LogP contribution in [0, 0.1) is 11.6 Å². The Morgan fingerprint density at radius 1 is 1.13 bits per heavy atom. The van der Waals surface area contributed by atoms with E-state index in [4.69, 9.17) is 0 Å². The highest BCUT2D eigenvalue weighted by molar-refractivity contribution is 5.32. The van der Waals surface area contributed by atoms with Gasteiger partial charge < -0.3 is 0 Å². The predicted octanol–water partition coefficient (Wildman–Crippen LogP) is 2.74. The summed E-state index contributed by atoms with van der Waals surface area (Å²) >= 11 is 0. The molecule has 2 heteroatoms. The summed E-state index contributed by atoms with van der Waals surface area (Å²) in [5.41, 5.74) is 0. The molecule has 15 heavy (non-hydrogen) atoms.